The van der Waals surface area contributed by atoms with Crippen molar-refractivity contribution in [2.75, 3.05) is 13.1 Å². The third-order valence-corrected chi connectivity index (χ3v) is 3.27. The zero-order chi connectivity index (χ0) is 13.3. The molecule has 98 valence electrons. The molecule has 0 saturated carbocycles. The van der Waals surface area contributed by atoms with Crippen molar-refractivity contribution in [1.29, 1.82) is 0 Å². The van der Waals surface area contributed by atoms with Crippen LogP contribution in [0.1, 0.15) is 31.3 Å². The molecule has 0 aromatic carbocycles. The number of rotatable bonds is 1. The molecule has 18 heavy (non-hydrogen) atoms. The number of carbonyl (C=O) groups is 1. The van der Waals surface area contributed by atoms with Crippen LogP contribution in [0.3, 0.4) is 0 Å². The van der Waals surface area contributed by atoms with Gasteiger partial charge in [0.1, 0.15) is 5.69 Å². The molecule has 0 bridgehead atoms. The Balaban J connectivity index is 2.16. The normalized spacial score (nSPS) is 22.9. The van der Waals surface area contributed by atoms with Crippen molar-refractivity contribution in [1.82, 2.24) is 9.88 Å². The van der Waals surface area contributed by atoms with Crippen LogP contribution in [0.2, 0.25) is 0 Å². The topological polar surface area (TPSA) is 42.4 Å². The maximum Gasteiger partial charge on any atom is 0.272 e. The van der Waals surface area contributed by atoms with Crippen molar-refractivity contribution in [2.24, 2.45) is 0 Å². The highest BCUT2D eigenvalue weighted by molar-refractivity contribution is 9.10. The SMILES string of the molecule is CC1CN(C(=O)c2ccc(Br)cn2)CC(C)(C)O1. The van der Waals surface area contributed by atoms with E-state index in [0.29, 0.717) is 18.8 Å². The van der Waals surface area contributed by atoms with E-state index in [9.17, 15) is 4.79 Å². The number of pyridine rings is 1. The largest absolute Gasteiger partial charge is 0.369 e. The Hall–Kier alpha value is -0.940. The van der Waals surface area contributed by atoms with Gasteiger partial charge in [0.05, 0.1) is 11.7 Å². The molecule has 1 aromatic heterocycles. The number of hydrogen-bond acceptors (Lipinski definition) is 3. The number of amides is 1. The average molecular weight is 313 g/mol. The molecule has 0 aliphatic carbocycles. The molecular weight excluding hydrogens is 296 g/mol. The van der Waals surface area contributed by atoms with Crippen molar-refractivity contribution in [3.63, 3.8) is 0 Å². The molecule has 1 atom stereocenters. The van der Waals surface area contributed by atoms with Gasteiger partial charge in [0.25, 0.3) is 5.91 Å². The molecule has 1 fully saturated rings. The smallest absolute Gasteiger partial charge is 0.272 e. The Bertz CT molecular complexity index is 445. The first-order valence-corrected chi connectivity index (χ1v) is 6.75. The standard InChI is InChI=1S/C13H17BrN2O2/c1-9-7-16(8-13(2,3)18-9)12(17)11-5-4-10(14)6-15-11/h4-6,9H,7-8H2,1-3H3. The second-order valence-electron chi connectivity index (χ2n) is 5.24. The van der Waals surface area contributed by atoms with E-state index >= 15 is 0 Å². The predicted molar refractivity (Wildman–Crippen MR) is 72.5 cm³/mol. The Morgan fingerprint density at radius 1 is 1.56 bits per heavy atom. The molecule has 0 radical (unpaired) electrons. The van der Waals surface area contributed by atoms with Crippen LogP contribution in [0, 0.1) is 0 Å². The number of aromatic nitrogens is 1. The fourth-order valence-corrected chi connectivity index (χ4v) is 2.51. The monoisotopic (exact) mass is 312 g/mol. The van der Waals surface area contributed by atoms with Gasteiger partial charge in [-0.2, -0.15) is 0 Å². The van der Waals surface area contributed by atoms with Gasteiger partial charge in [0.15, 0.2) is 0 Å². The van der Waals surface area contributed by atoms with Crippen molar-refractivity contribution in [3.05, 3.63) is 28.5 Å². The first-order chi connectivity index (χ1) is 8.37. The van der Waals surface area contributed by atoms with Crippen molar-refractivity contribution in [2.45, 2.75) is 32.5 Å². The van der Waals surface area contributed by atoms with Crippen molar-refractivity contribution in [3.8, 4) is 0 Å². The lowest BCUT2D eigenvalue weighted by Gasteiger charge is -2.41. The second-order valence-corrected chi connectivity index (χ2v) is 6.15. The number of hydrogen-bond donors (Lipinski definition) is 0. The van der Waals surface area contributed by atoms with Crippen molar-refractivity contribution < 1.29 is 9.53 Å². The van der Waals surface area contributed by atoms with E-state index < -0.39 is 0 Å². The van der Waals surface area contributed by atoms with Crippen LogP contribution in [0.25, 0.3) is 0 Å². The Morgan fingerprint density at radius 2 is 2.28 bits per heavy atom. The summed E-state index contributed by atoms with van der Waals surface area (Å²) in [5.74, 6) is -0.0364. The fraction of sp³-hybridized carbons (Fsp3) is 0.538. The number of halogens is 1. The minimum atomic E-state index is -0.303. The van der Waals surface area contributed by atoms with E-state index in [1.165, 1.54) is 0 Å². The van der Waals surface area contributed by atoms with Gasteiger partial charge in [-0.3, -0.25) is 4.79 Å². The average Bonchev–Trinajstić information content (AvgIpc) is 2.26. The highest BCUT2D eigenvalue weighted by Crippen LogP contribution is 2.22. The lowest BCUT2D eigenvalue weighted by molar-refractivity contribution is -0.118. The number of ether oxygens (including phenoxy) is 1. The van der Waals surface area contributed by atoms with E-state index in [1.54, 1.807) is 12.3 Å². The molecule has 2 heterocycles. The lowest BCUT2D eigenvalue weighted by atomic mass is 10.1. The van der Waals surface area contributed by atoms with E-state index in [4.69, 9.17) is 4.74 Å². The van der Waals surface area contributed by atoms with Gasteiger partial charge in [-0.15, -0.1) is 0 Å². The summed E-state index contributed by atoms with van der Waals surface area (Å²) >= 11 is 3.31. The highest BCUT2D eigenvalue weighted by atomic mass is 79.9. The van der Waals surface area contributed by atoms with Crippen LogP contribution in [0.15, 0.2) is 22.8 Å². The Labute approximate surface area is 115 Å². The summed E-state index contributed by atoms with van der Waals surface area (Å²) in [6.07, 6.45) is 1.69. The van der Waals surface area contributed by atoms with Crippen LogP contribution in [-0.4, -0.2) is 40.6 Å². The molecule has 0 spiro atoms. The Morgan fingerprint density at radius 3 is 2.83 bits per heavy atom. The zero-order valence-corrected chi connectivity index (χ0v) is 12.4. The second kappa shape index (κ2) is 4.97. The summed E-state index contributed by atoms with van der Waals surface area (Å²) in [7, 11) is 0. The van der Waals surface area contributed by atoms with Gasteiger partial charge in [-0.1, -0.05) is 0 Å². The van der Waals surface area contributed by atoms with Crippen LogP contribution in [0.4, 0.5) is 0 Å². The summed E-state index contributed by atoms with van der Waals surface area (Å²) in [5.41, 5.74) is 0.172. The molecular formula is C13H17BrN2O2. The van der Waals surface area contributed by atoms with E-state index in [-0.39, 0.29) is 17.6 Å². The highest BCUT2D eigenvalue weighted by Gasteiger charge is 2.34. The van der Waals surface area contributed by atoms with Gasteiger partial charge in [0, 0.05) is 23.8 Å². The number of carbonyl (C=O) groups excluding carboxylic acids is 1. The van der Waals surface area contributed by atoms with Gasteiger partial charge < -0.3 is 9.64 Å². The molecule has 1 amide bonds. The van der Waals surface area contributed by atoms with E-state index in [2.05, 4.69) is 20.9 Å². The maximum atomic E-state index is 12.3. The third kappa shape index (κ3) is 3.09. The summed E-state index contributed by atoms with van der Waals surface area (Å²) in [5, 5.41) is 0. The molecule has 1 unspecified atom stereocenters. The van der Waals surface area contributed by atoms with Crippen LogP contribution < -0.4 is 0 Å². The minimum absolute atomic E-state index is 0.0364. The summed E-state index contributed by atoms with van der Waals surface area (Å²) in [4.78, 5) is 18.3. The fourth-order valence-electron chi connectivity index (χ4n) is 2.27. The molecule has 1 aliphatic rings. The molecule has 1 aromatic rings. The quantitative estimate of drug-likeness (QED) is 0.800. The minimum Gasteiger partial charge on any atom is -0.369 e. The van der Waals surface area contributed by atoms with E-state index in [1.807, 2.05) is 31.7 Å². The molecule has 2 rings (SSSR count). The van der Waals surface area contributed by atoms with Crippen LogP contribution in [0.5, 0.6) is 0 Å². The first kappa shape index (κ1) is 13.5. The van der Waals surface area contributed by atoms with Gasteiger partial charge in [-0.25, -0.2) is 4.98 Å². The number of morpholine rings is 1. The molecule has 5 heteroatoms. The van der Waals surface area contributed by atoms with Gasteiger partial charge >= 0.3 is 0 Å². The summed E-state index contributed by atoms with van der Waals surface area (Å²) in [6, 6.07) is 3.56. The number of nitrogens with zero attached hydrogens (tertiary/aromatic N) is 2. The van der Waals surface area contributed by atoms with Gasteiger partial charge in [0.2, 0.25) is 0 Å². The first-order valence-electron chi connectivity index (χ1n) is 5.96. The van der Waals surface area contributed by atoms with Crippen LogP contribution >= 0.6 is 15.9 Å². The summed E-state index contributed by atoms with van der Waals surface area (Å²) in [6.45, 7) is 7.18. The lowest BCUT2D eigenvalue weighted by Crippen LogP contribution is -2.53. The Kier molecular flexibility index (Phi) is 3.73. The molecule has 1 saturated heterocycles. The third-order valence-electron chi connectivity index (χ3n) is 2.80. The molecule has 4 nitrogen and oxygen atoms in total. The van der Waals surface area contributed by atoms with Crippen LogP contribution in [-0.2, 0) is 4.74 Å². The molecule has 0 N–H and O–H groups in total. The van der Waals surface area contributed by atoms with Gasteiger partial charge in [-0.05, 0) is 48.8 Å². The zero-order valence-electron chi connectivity index (χ0n) is 10.8. The van der Waals surface area contributed by atoms with E-state index in [0.717, 1.165) is 4.47 Å². The summed E-state index contributed by atoms with van der Waals surface area (Å²) < 4.78 is 6.66. The molecule has 1 aliphatic heterocycles. The predicted octanol–water partition coefficient (Wildman–Crippen LogP) is 2.48. The van der Waals surface area contributed by atoms with Crippen molar-refractivity contribution >= 4 is 21.8 Å². The maximum absolute atomic E-state index is 12.3.